The second-order valence-corrected chi connectivity index (χ2v) is 7.56. The van der Waals surface area contributed by atoms with E-state index in [9.17, 15) is 14.3 Å². The molecular weight excluding hydrogens is 383 g/mol. The number of benzene rings is 2. The SMILES string of the molecule is Cc1cc(-c2cccc(NC(=O)C3C=NC(O)CC3c3ccc(F)cc3)c2)n(C)n1. The van der Waals surface area contributed by atoms with Gasteiger partial charge in [-0.05, 0) is 42.8 Å². The molecule has 2 N–H and O–H groups in total. The van der Waals surface area contributed by atoms with E-state index in [4.69, 9.17) is 0 Å². The summed E-state index contributed by atoms with van der Waals surface area (Å²) >= 11 is 0. The van der Waals surface area contributed by atoms with Gasteiger partial charge < -0.3 is 10.4 Å². The Bertz CT molecular complexity index is 1090. The summed E-state index contributed by atoms with van der Waals surface area (Å²) in [5, 5.41) is 17.3. The van der Waals surface area contributed by atoms with Crippen LogP contribution in [-0.4, -0.2) is 33.2 Å². The van der Waals surface area contributed by atoms with E-state index in [-0.39, 0.29) is 17.6 Å². The molecule has 1 aliphatic rings. The smallest absolute Gasteiger partial charge is 0.233 e. The first kappa shape index (κ1) is 20.0. The van der Waals surface area contributed by atoms with E-state index in [2.05, 4.69) is 15.4 Å². The van der Waals surface area contributed by atoms with Crippen molar-refractivity contribution in [3.05, 3.63) is 71.7 Å². The number of hydrogen-bond acceptors (Lipinski definition) is 4. The van der Waals surface area contributed by atoms with Crippen LogP contribution in [0.3, 0.4) is 0 Å². The lowest BCUT2D eigenvalue weighted by atomic mass is 9.81. The van der Waals surface area contributed by atoms with Gasteiger partial charge in [0.2, 0.25) is 5.91 Å². The highest BCUT2D eigenvalue weighted by molar-refractivity contribution is 6.03. The first-order valence-corrected chi connectivity index (χ1v) is 9.79. The molecule has 0 spiro atoms. The summed E-state index contributed by atoms with van der Waals surface area (Å²) in [6.45, 7) is 1.93. The summed E-state index contributed by atoms with van der Waals surface area (Å²) in [7, 11) is 1.88. The van der Waals surface area contributed by atoms with Crippen molar-refractivity contribution < 1.29 is 14.3 Å². The normalized spacial score (nSPS) is 20.9. The highest BCUT2D eigenvalue weighted by atomic mass is 19.1. The molecule has 3 aromatic rings. The van der Waals surface area contributed by atoms with Crippen molar-refractivity contribution in [2.75, 3.05) is 5.32 Å². The van der Waals surface area contributed by atoms with Crippen LogP contribution in [0.1, 0.15) is 23.6 Å². The van der Waals surface area contributed by atoms with E-state index in [0.29, 0.717) is 12.1 Å². The predicted octanol–water partition coefficient (Wildman–Crippen LogP) is 3.67. The maximum atomic E-state index is 13.3. The number of halogens is 1. The minimum absolute atomic E-state index is 0.224. The van der Waals surface area contributed by atoms with Gasteiger partial charge in [-0.3, -0.25) is 14.5 Å². The van der Waals surface area contributed by atoms with E-state index in [1.165, 1.54) is 18.3 Å². The monoisotopic (exact) mass is 406 g/mol. The lowest BCUT2D eigenvalue weighted by molar-refractivity contribution is -0.118. The highest BCUT2D eigenvalue weighted by Gasteiger charge is 2.33. The minimum atomic E-state index is -0.875. The largest absolute Gasteiger partial charge is 0.372 e. The van der Waals surface area contributed by atoms with Gasteiger partial charge in [-0.2, -0.15) is 5.10 Å². The quantitative estimate of drug-likeness (QED) is 0.694. The van der Waals surface area contributed by atoms with E-state index < -0.39 is 12.1 Å². The third-order valence-corrected chi connectivity index (χ3v) is 5.35. The molecule has 0 saturated carbocycles. The molecule has 1 aromatic heterocycles. The molecule has 0 radical (unpaired) electrons. The molecule has 3 atom stereocenters. The molecule has 2 aromatic carbocycles. The lowest BCUT2D eigenvalue weighted by Crippen LogP contribution is -2.34. The Balaban J connectivity index is 1.57. The number of aliphatic hydroxyl groups excluding tert-OH is 1. The van der Waals surface area contributed by atoms with Crippen LogP contribution in [0.25, 0.3) is 11.3 Å². The lowest BCUT2D eigenvalue weighted by Gasteiger charge is -2.29. The molecule has 0 saturated heterocycles. The molecule has 1 aliphatic heterocycles. The first-order chi connectivity index (χ1) is 14.4. The zero-order chi connectivity index (χ0) is 21.3. The maximum absolute atomic E-state index is 13.3. The summed E-state index contributed by atoms with van der Waals surface area (Å²) in [4.78, 5) is 17.1. The Kier molecular flexibility index (Phi) is 5.46. The van der Waals surface area contributed by atoms with Gasteiger partial charge in [-0.1, -0.05) is 24.3 Å². The van der Waals surface area contributed by atoms with Crippen molar-refractivity contribution in [2.45, 2.75) is 25.5 Å². The zero-order valence-corrected chi connectivity index (χ0v) is 16.8. The Hall–Kier alpha value is -3.32. The van der Waals surface area contributed by atoms with E-state index in [1.54, 1.807) is 16.8 Å². The Labute approximate surface area is 174 Å². The van der Waals surface area contributed by atoms with Crippen LogP contribution in [0.15, 0.2) is 59.6 Å². The first-order valence-electron chi connectivity index (χ1n) is 9.79. The molecule has 0 bridgehead atoms. The Morgan fingerprint density at radius 1 is 1.20 bits per heavy atom. The third-order valence-electron chi connectivity index (χ3n) is 5.35. The van der Waals surface area contributed by atoms with Crippen molar-refractivity contribution in [3.63, 3.8) is 0 Å². The van der Waals surface area contributed by atoms with Crippen molar-refractivity contribution in [3.8, 4) is 11.3 Å². The second kappa shape index (κ2) is 8.20. The molecule has 3 unspecified atom stereocenters. The van der Waals surface area contributed by atoms with Crippen LogP contribution in [0.5, 0.6) is 0 Å². The standard InChI is InChI=1S/C23H23FN4O2/c1-14-10-21(28(2)27-14)16-4-3-5-18(11-16)26-23(30)20-13-25-22(29)12-19(20)15-6-8-17(24)9-7-15/h3-11,13,19-20,22,29H,12H2,1-2H3,(H,26,30). The van der Waals surface area contributed by atoms with Crippen LogP contribution in [0.4, 0.5) is 10.1 Å². The number of carbonyl (C=O) groups is 1. The van der Waals surface area contributed by atoms with E-state index >= 15 is 0 Å². The number of nitrogens with one attached hydrogen (secondary N) is 1. The summed E-state index contributed by atoms with van der Waals surface area (Å²) in [5.41, 5.74) is 4.27. The van der Waals surface area contributed by atoms with E-state index in [1.807, 2.05) is 44.3 Å². The second-order valence-electron chi connectivity index (χ2n) is 7.56. The van der Waals surface area contributed by atoms with Crippen molar-refractivity contribution in [1.29, 1.82) is 0 Å². The third kappa shape index (κ3) is 4.16. The molecule has 1 amide bonds. The van der Waals surface area contributed by atoms with Gasteiger partial charge in [0.25, 0.3) is 0 Å². The predicted molar refractivity (Wildman–Crippen MR) is 114 cm³/mol. The van der Waals surface area contributed by atoms with Gasteiger partial charge in [-0.25, -0.2) is 4.39 Å². The van der Waals surface area contributed by atoms with Gasteiger partial charge in [0.1, 0.15) is 12.0 Å². The van der Waals surface area contributed by atoms with Gasteiger partial charge in [0, 0.05) is 36.9 Å². The van der Waals surface area contributed by atoms with Gasteiger partial charge >= 0.3 is 0 Å². The van der Waals surface area contributed by atoms with Crippen LogP contribution in [0.2, 0.25) is 0 Å². The van der Waals surface area contributed by atoms with Crippen LogP contribution in [-0.2, 0) is 11.8 Å². The Morgan fingerprint density at radius 3 is 2.67 bits per heavy atom. The average Bonchev–Trinajstić information content (AvgIpc) is 3.06. The molecule has 30 heavy (non-hydrogen) atoms. The van der Waals surface area contributed by atoms with E-state index in [0.717, 1.165) is 22.5 Å². The molecule has 2 heterocycles. The van der Waals surface area contributed by atoms with Gasteiger partial charge in [-0.15, -0.1) is 0 Å². The van der Waals surface area contributed by atoms with Gasteiger partial charge in [0.15, 0.2) is 0 Å². The number of rotatable bonds is 4. The molecule has 154 valence electrons. The number of nitrogens with zero attached hydrogens (tertiary/aromatic N) is 3. The fourth-order valence-electron chi connectivity index (χ4n) is 3.90. The number of aromatic nitrogens is 2. The Morgan fingerprint density at radius 2 is 1.97 bits per heavy atom. The fourth-order valence-corrected chi connectivity index (χ4v) is 3.90. The minimum Gasteiger partial charge on any atom is -0.372 e. The number of aliphatic imine (C=N–C) groups is 1. The van der Waals surface area contributed by atoms with Crippen LogP contribution >= 0.6 is 0 Å². The van der Waals surface area contributed by atoms with Crippen molar-refractivity contribution in [1.82, 2.24) is 9.78 Å². The van der Waals surface area contributed by atoms with Crippen molar-refractivity contribution in [2.24, 2.45) is 18.0 Å². The number of carbonyl (C=O) groups excluding carboxylic acids is 1. The summed E-state index contributed by atoms with van der Waals surface area (Å²) in [6.07, 6.45) is 0.918. The zero-order valence-electron chi connectivity index (χ0n) is 16.8. The van der Waals surface area contributed by atoms with Crippen LogP contribution in [0, 0.1) is 18.7 Å². The number of aliphatic hydroxyl groups is 1. The maximum Gasteiger partial charge on any atom is 0.233 e. The summed E-state index contributed by atoms with van der Waals surface area (Å²) in [6, 6.07) is 15.6. The molecule has 6 nitrogen and oxygen atoms in total. The number of amides is 1. The molecule has 4 rings (SSSR count). The molecular formula is C23H23FN4O2. The van der Waals surface area contributed by atoms with Crippen LogP contribution < -0.4 is 5.32 Å². The topological polar surface area (TPSA) is 79.5 Å². The summed E-state index contributed by atoms with van der Waals surface area (Å²) < 4.78 is 15.1. The number of aryl methyl sites for hydroxylation is 2. The molecule has 7 heteroatoms. The molecule has 0 aliphatic carbocycles. The number of anilines is 1. The fraction of sp³-hybridized carbons (Fsp3) is 0.261. The van der Waals surface area contributed by atoms with Crippen molar-refractivity contribution >= 4 is 17.8 Å². The molecule has 0 fully saturated rings. The highest BCUT2D eigenvalue weighted by Crippen LogP contribution is 2.33. The average molecular weight is 406 g/mol. The van der Waals surface area contributed by atoms with Gasteiger partial charge in [0.05, 0.1) is 17.3 Å². The summed E-state index contributed by atoms with van der Waals surface area (Å²) in [5.74, 6) is -1.42. The number of hydrogen-bond donors (Lipinski definition) is 2.